The minimum atomic E-state index is -4.71. The third kappa shape index (κ3) is 4.82. The summed E-state index contributed by atoms with van der Waals surface area (Å²) in [6.07, 6.45) is 1.62. The van der Waals surface area contributed by atoms with Crippen molar-refractivity contribution in [3.05, 3.63) is 59.7 Å². The maximum Gasteiger partial charge on any atom is 0.341 e. The number of hydrogen-bond acceptors (Lipinski definition) is 5. The van der Waals surface area contributed by atoms with Crippen LogP contribution in [0.5, 0.6) is 0 Å². The first-order chi connectivity index (χ1) is 14.2. The lowest BCUT2D eigenvalue weighted by molar-refractivity contribution is -0.122. The highest BCUT2D eigenvalue weighted by Crippen LogP contribution is 2.22. The van der Waals surface area contributed by atoms with Crippen molar-refractivity contribution in [2.24, 2.45) is 5.73 Å². The van der Waals surface area contributed by atoms with Crippen LogP contribution < -0.4 is 11.1 Å². The molecule has 0 saturated carbocycles. The molecule has 3 rings (SSSR count). The van der Waals surface area contributed by atoms with Crippen LogP contribution in [0.4, 0.5) is 14.5 Å². The second-order valence-electron chi connectivity index (χ2n) is 7.02. The van der Waals surface area contributed by atoms with Gasteiger partial charge in [0.2, 0.25) is 15.7 Å². The zero-order valence-corrected chi connectivity index (χ0v) is 16.7. The van der Waals surface area contributed by atoms with E-state index in [4.69, 9.17) is 5.73 Å². The minimum Gasteiger partial charge on any atom is -0.368 e. The molecule has 1 saturated heterocycles. The van der Waals surface area contributed by atoms with Gasteiger partial charge < -0.3 is 11.1 Å². The summed E-state index contributed by atoms with van der Waals surface area (Å²) < 4.78 is 48.1. The van der Waals surface area contributed by atoms with Gasteiger partial charge in [-0.15, -0.1) is 0 Å². The van der Waals surface area contributed by atoms with E-state index < -0.39 is 26.4 Å². The summed E-state index contributed by atoms with van der Waals surface area (Å²) in [7, 11) is -4.71. The fourth-order valence-corrected chi connectivity index (χ4v) is 4.14. The summed E-state index contributed by atoms with van der Waals surface area (Å²) in [6.45, 7) is 1.27. The number of likely N-dealkylation sites (tertiary alicyclic amines) is 1. The number of nitrogens with zero attached hydrogens (tertiary/aromatic N) is 1. The number of primary amides is 1. The van der Waals surface area contributed by atoms with Gasteiger partial charge in [0.25, 0.3) is 5.91 Å². The van der Waals surface area contributed by atoms with Crippen LogP contribution in [0.2, 0.25) is 0 Å². The molecule has 1 fully saturated rings. The van der Waals surface area contributed by atoms with Gasteiger partial charge in [-0.2, -0.15) is 8.78 Å². The van der Waals surface area contributed by atoms with E-state index in [9.17, 15) is 26.8 Å². The van der Waals surface area contributed by atoms with Gasteiger partial charge in [0.05, 0.1) is 10.9 Å². The third-order valence-electron chi connectivity index (χ3n) is 4.94. The zero-order valence-electron chi connectivity index (χ0n) is 15.9. The molecule has 1 aliphatic heterocycles. The summed E-state index contributed by atoms with van der Waals surface area (Å²) in [4.78, 5) is 25.4. The quantitative estimate of drug-likeness (QED) is 0.691. The smallest absolute Gasteiger partial charge is 0.341 e. The number of anilines is 1. The zero-order chi connectivity index (χ0) is 21.9. The van der Waals surface area contributed by atoms with Crippen LogP contribution in [0.25, 0.3) is 0 Å². The first-order valence-corrected chi connectivity index (χ1v) is 10.8. The summed E-state index contributed by atoms with van der Waals surface area (Å²) >= 11 is 0. The highest BCUT2D eigenvalue weighted by atomic mass is 32.2. The van der Waals surface area contributed by atoms with Crippen LogP contribution in [0, 0.1) is 0 Å². The van der Waals surface area contributed by atoms with Crippen LogP contribution in [-0.2, 0) is 21.2 Å². The molecule has 1 heterocycles. The van der Waals surface area contributed by atoms with Crippen molar-refractivity contribution in [2.45, 2.75) is 36.1 Å². The second-order valence-corrected chi connectivity index (χ2v) is 8.93. The van der Waals surface area contributed by atoms with Gasteiger partial charge in [0, 0.05) is 17.8 Å². The molecule has 10 heteroatoms. The SMILES string of the molecule is NC(=O)C1CCCN1Cc1cccc(NC(=O)c2ccc(S(=O)(=O)C(F)F)cc2)c1. The lowest BCUT2D eigenvalue weighted by atomic mass is 10.1. The summed E-state index contributed by atoms with van der Waals surface area (Å²) in [5, 5.41) is 2.69. The van der Waals surface area contributed by atoms with Gasteiger partial charge in [-0.3, -0.25) is 14.5 Å². The van der Waals surface area contributed by atoms with Crippen molar-refractivity contribution in [1.29, 1.82) is 0 Å². The molecule has 2 aromatic rings. The monoisotopic (exact) mass is 437 g/mol. The molecule has 1 atom stereocenters. The number of rotatable bonds is 7. The number of amides is 2. The van der Waals surface area contributed by atoms with Gasteiger partial charge in [-0.05, 0) is 61.3 Å². The van der Waals surface area contributed by atoms with Crippen LogP contribution in [0.15, 0.2) is 53.4 Å². The summed E-state index contributed by atoms with van der Waals surface area (Å²) in [5.41, 5.74) is 6.96. The molecule has 0 bridgehead atoms. The molecule has 30 heavy (non-hydrogen) atoms. The van der Waals surface area contributed by atoms with Crippen molar-refractivity contribution in [2.75, 3.05) is 11.9 Å². The molecule has 2 amide bonds. The summed E-state index contributed by atoms with van der Waals surface area (Å²) in [5.74, 6) is -4.39. The number of nitrogens with one attached hydrogen (secondary N) is 1. The van der Waals surface area contributed by atoms with E-state index >= 15 is 0 Å². The van der Waals surface area contributed by atoms with E-state index in [1.165, 1.54) is 12.1 Å². The standard InChI is InChI=1S/C20H21F2N3O4S/c21-20(22)30(28,29)16-8-6-14(7-9-16)19(27)24-15-4-1-3-13(11-15)12-25-10-2-5-17(25)18(23)26/h1,3-4,6-9,11,17,20H,2,5,10,12H2,(H2,23,26)(H,24,27). The molecular weight excluding hydrogens is 416 g/mol. The lowest BCUT2D eigenvalue weighted by Gasteiger charge is -2.22. The molecule has 160 valence electrons. The average Bonchev–Trinajstić information content (AvgIpc) is 3.16. The Morgan fingerprint density at radius 2 is 1.87 bits per heavy atom. The fourth-order valence-electron chi connectivity index (χ4n) is 3.42. The predicted molar refractivity (Wildman–Crippen MR) is 107 cm³/mol. The van der Waals surface area contributed by atoms with E-state index in [2.05, 4.69) is 5.32 Å². The van der Waals surface area contributed by atoms with Crippen LogP contribution in [-0.4, -0.2) is 43.5 Å². The highest BCUT2D eigenvalue weighted by molar-refractivity contribution is 7.91. The largest absolute Gasteiger partial charge is 0.368 e. The molecule has 1 unspecified atom stereocenters. The molecule has 0 aliphatic carbocycles. The number of sulfone groups is 1. The molecule has 1 aliphatic rings. The van der Waals surface area contributed by atoms with Crippen molar-refractivity contribution >= 4 is 27.3 Å². The Balaban J connectivity index is 1.69. The third-order valence-corrected chi connectivity index (χ3v) is 6.34. The van der Waals surface area contributed by atoms with Gasteiger partial charge in [-0.1, -0.05) is 12.1 Å². The van der Waals surface area contributed by atoms with Gasteiger partial charge in [-0.25, -0.2) is 8.42 Å². The van der Waals surface area contributed by atoms with E-state index in [0.29, 0.717) is 12.2 Å². The van der Waals surface area contributed by atoms with Gasteiger partial charge >= 0.3 is 5.76 Å². The van der Waals surface area contributed by atoms with Crippen molar-refractivity contribution in [1.82, 2.24) is 4.90 Å². The Bertz CT molecular complexity index is 1040. The number of carbonyl (C=O) groups is 2. The van der Waals surface area contributed by atoms with Gasteiger partial charge in [0.15, 0.2) is 0 Å². The Labute approximate surface area is 172 Å². The number of carbonyl (C=O) groups excluding carboxylic acids is 2. The van der Waals surface area contributed by atoms with Gasteiger partial charge in [0.1, 0.15) is 0 Å². The van der Waals surface area contributed by atoms with Crippen molar-refractivity contribution < 1.29 is 26.8 Å². The molecule has 7 nitrogen and oxygen atoms in total. The molecule has 2 aromatic carbocycles. The van der Waals surface area contributed by atoms with E-state index in [1.807, 2.05) is 11.0 Å². The lowest BCUT2D eigenvalue weighted by Crippen LogP contribution is -2.39. The molecule has 0 spiro atoms. The first-order valence-electron chi connectivity index (χ1n) is 9.24. The fraction of sp³-hybridized carbons (Fsp3) is 0.300. The van der Waals surface area contributed by atoms with E-state index in [1.54, 1.807) is 18.2 Å². The van der Waals surface area contributed by atoms with Crippen LogP contribution >= 0.6 is 0 Å². The Morgan fingerprint density at radius 3 is 2.50 bits per heavy atom. The number of benzene rings is 2. The Hall–Kier alpha value is -2.85. The normalized spacial score (nSPS) is 17.2. The highest BCUT2D eigenvalue weighted by Gasteiger charge is 2.29. The number of halogens is 2. The molecule has 0 aromatic heterocycles. The molecule has 0 radical (unpaired) electrons. The Kier molecular flexibility index (Phi) is 6.47. The Morgan fingerprint density at radius 1 is 1.17 bits per heavy atom. The number of alkyl halides is 2. The maximum atomic E-state index is 12.6. The average molecular weight is 437 g/mol. The van der Waals surface area contributed by atoms with Crippen LogP contribution in [0.1, 0.15) is 28.8 Å². The molecule has 3 N–H and O–H groups in total. The number of nitrogens with two attached hydrogens (primary N) is 1. The van der Waals surface area contributed by atoms with Crippen LogP contribution in [0.3, 0.4) is 0 Å². The topological polar surface area (TPSA) is 110 Å². The number of hydrogen-bond donors (Lipinski definition) is 2. The van der Waals surface area contributed by atoms with E-state index in [-0.39, 0.29) is 17.5 Å². The molecular formula is C20H21F2N3O4S. The predicted octanol–water partition coefficient (Wildman–Crippen LogP) is 2.38. The maximum absolute atomic E-state index is 12.6. The summed E-state index contributed by atoms with van der Waals surface area (Å²) in [6, 6.07) is 11.1. The minimum absolute atomic E-state index is 0.127. The second kappa shape index (κ2) is 8.88. The van der Waals surface area contributed by atoms with Crippen molar-refractivity contribution in [3.63, 3.8) is 0 Å². The first kappa shape index (κ1) is 21.8. The van der Waals surface area contributed by atoms with E-state index in [0.717, 1.165) is 37.1 Å². The van der Waals surface area contributed by atoms with Crippen molar-refractivity contribution in [3.8, 4) is 0 Å².